The van der Waals surface area contributed by atoms with Crippen molar-refractivity contribution in [3.63, 3.8) is 0 Å². The predicted molar refractivity (Wildman–Crippen MR) is 101 cm³/mol. The summed E-state index contributed by atoms with van der Waals surface area (Å²) in [6.45, 7) is 4.19. The number of nitro benzene ring substituents is 1. The number of hydrogen-bond acceptors (Lipinski definition) is 6. The third kappa shape index (κ3) is 4.48. The number of non-ortho nitro benzene ring substituents is 1. The Morgan fingerprint density at radius 2 is 1.93 bits per heavy atom. The molecule has 0 spiro atoms. The number of nitro groups is 1. The summed E-state index contributed by atoms with van der Waals surface area (Å²) < 4.78 is 5.23. The Hall–Kier alpha value is -2.94. The molecular formula is C19H24N4O5. The van der Waals surface area contributed by atoms with Gasteiger partial charge in [-0.05, 0) is 50.6 Å². The van der Waals surface area contributed by atoms with Crippen LogP contribution in [0.3, 0.4) is 0 Å². The summed E-state index contributed by atoms with van der Waals surface area (Å²) in [6.07, 6.45) is 3.35. The number of rotatable bonds is 6. The number of carbonyl (C=O) groups is 2. The molecule has 0 aromatic heterocycles. The molecule has 2 aliphatic rings. The molecule has 1 atom stereocenters. The smallest absolute Gasteiger partial charge is 0.338 e. The molecule has 1 aromatic carbocycles. The first-order valence-electron chi connectivity index (χ1n) is 9.44. The lowest BCUT2D eigenvalue weighted by atomic mass is 9.94. The average molecular weight is 388 g/mol. The van der Waals surface area contributed by atoms with E-state index in [4.69, 9.17) is 4.74 Å². The van der Waals surface area contributed by atoms with Gasteiger partial charge in [0.1, 0.15) is 0 Å². The lowest BCUT2D eigenvalue weighted by molar-refractivity contribution is -0.384. The van der Waals surface area contributed by atoms with Gasteiger partial charge >= 0.3 is 12.0 Å². The summed E-state index contributed by atoms with van der Waals surface area (Å²) in [5.74, 6) is -0.509. The summed E-state index contributed by atoms with van der Waals surface area (Å²) in [6, 6.07) is 4.67. The number of nitrogens with one attached hydrogen (secondary N) is 2. The number of likely N-dealkylation sites (tertiary alicyclic amines) is 1. The van der Waals surface area contributed by atoms with E-state index >= 15 is 0 Å². The molecule has 1 saturated heterocycles. The van der Waals surface area contributed by atoms with Crippen molar-refractivity contribution in [1.82, 2.24) is 15.5 Å². The summed E-state index contributed by atoms with van der Waals surface area (Å²) in [4.78, 5) is 37.6. The Kier molecular flexibility index (Phi) is 6.25. The highest BCUT2D eigenvalue weighted by Gasteiger charge is 2.34. The SMILES string of the molecule is CCOC(=O)C1=C(CN2CCCCC2)NC(=O)NC1c1ccc([N+](=O)[O-])cc1. The molecule has 0 saturated carbocycles. The van der Waals surface area contributed by atoms with Gasteiger partial charge in [0.15, 0.2) is 0 Å². The van der Waals surface area contributed by atoms with Crippen molar-refractivity contribution in [2.24, 2.45) is 0 Å². The highest BCUT2D eigenvalue weighted by atomic mass is 16.6. The highest BCUT2D eigenvalue weighted by molar-refractivity contribution is 5.95. The minimum absolute atomic E-state index is 0.0563. The average Bonchev–Trinajstić information content (AvgIpc) is 2.68. The molecule has 1 unspecified atom stereocenters. The molecular weight excluding hydrogens is 364 g/mol. The first-order valence-corrected chi connectivity index (χ1v) is 9.44. The molecule has 28 heavy (non-hydrogen) atoms. The number of amides is 2. The van der Waals surface area contributed by atoms with E-state index < -0.39 is 23.0 Å². The van der Waals surface area contributed by atoms with E-state index in [2.05, 4.69) is 15.5 Å². The summed E-state index contributed by atoms with van der Waals surface area (Å²) >= 11 is 0. The monoisotopic (exact) mass is 388 g/mol. The van der Waals surface area contributed by atoms with Gasteiger partial charge in [-0.3, -0.25) is 15.0 Å². The maximum Gasteiger partial charge on any atom is 0.338 e. The molecule has 1 aromatic rings. The topological polar surface area (TPSA) is 114 Å². The molecule has 0 radical (unpaired) electrons. The summed E-state index contributed by atoms with van der Waals surface area (Å²) in [5, 5.41) is 16.4. The Bertz CT molecular complexity index is 784. The maximum absolute atomic E-state index is 12.7. The van der Waals surface area contributed by atoms with Gasteiger partial charge in [0.2, 0.25) is 0 Å². The van der Waals surface area contributed by atoms with Crippen LogP contribution in [-0.2, 0) is 9.53 Å². The van der Waals surface area contributed by atoms with Crippen LogP contribution in [0.2, 0.25) is 0 Å². The van der Waals surface area contributed by atoms with Crippen LogP contribution in [0.15, 0.2) is 35.5 Å². The van der Waals surface area contributed by atoms with Crippen molar-refractivity contribution in [3.05, 3.63) is 51.2 Å². The third-order valence-corrected chi connectivity index (χ3v) is 4.92. The van der Waals surface area contributed by atoms with Crippen molar-refractivity contribution in [2.75, 3.05) is 26.2 Å². The highest BCUT2D eigenvalue weighted by Crippen LogP contribution is 2.29. The van der Waals surface area contributed by atoms with Gasteiger partial charge in [-0.15, -0.1) is 0 Å². The van der Waals surface area contributed by atoms with Crippen molar-refractivity contribution in [1.29, 1.82) is 0 Å². The van der Waals surface area contributed by atoms with Crippen LogP contribution in [0.4, 0.5) is 10.5 Å². The van der Waals surface area contributed by atoms with Gasteiger partial charge in [-0.25, -0.2) is 9.59 Å². The molecule has 1 fully saturated rings. The van der Waals surface area contributed by atoms with Crippen molar-refractivity contribution in [3.8, 4) is 0 Å². The first kappa shape index (κ1) is 19.8. The molecule has 2 heterocycles. The largest absolute Gasteiger partial charge is 0.463 e. The zero-order valence-electron chi connectivity index (χ0n) is 15.8. The zero-order valence-corrected chi connectivity index (χ0v) is 15.8. The Labute approximate surface area is 162 Å². The van der Waals surface area contributed by atoms with Gasteiger partial charge in [-0.2, -0.15) is 0 Å². The number of nitrogens with zero attached hydrogens (tertiary/aromatic N) is 2. The molecule has 3 rings (SSSR count). The van der Waals surface area contributed by atoms with Crippen LogP contribution >= 0.6 is 0 Å². The van der Waals surface area contributed by atoms with Gasteiger partial charge in [-0.1, -0.05) is 6.42 Å². The quantitative estimate of drug-likeness (QED) is 0.439. The number of ether oxygens (including phenoxy) is 1. The normalized spacial score (nSPS) is 20.3. The van der Waals surface area contributed by atoms with Crippen molar-refractivity contribution in [2.45, 2.75) is 32.2 Å². The van der Waals surface area contributed by atoms with E-state index in [0.717, 1.165) is 25.9 Å². The number of esters is 1. The predicted octanol–water partition coefficient (Wildman–Crippen LogP) is 2.25. The van der Waals surface area contributed by atoms with E-state index in [1.165, 1.54) is 18.6 Å². The zero-order chi connectivity index (χ0) is 20.1. The number of hydrogen-bond donors (Lipinski definition) is 2. The molecule has 150 valence electrons. The summed E-state index contributed by atoms with van der Waals surface area (Å²) in [5.41, 5.74) is 1.38. The minimum Gasteiger partial charge on any atom is -0.463 e. The van der Waals surface area contributed by atoms with Crippen LogP contribution in [-0.4, -0.2) is 48.1 Å². The molecule has 0 bridgehead atoms. The lowest BCUT2D eigenvalue weighted by Crippen LogP contribution is -2.49. The van der Waals surface area contributed by atoms with Crippen LogP contribution in [0, 0.1) is 10.1 Å². The van der Waals surface area contributed by atoms with Gasteiger partial charge in [0, 0.05) is 24.4 Å². The second-order valence-electron chi connectivity index (χ2n) is 6.83. The first-order chi connectivity index (χ1) is 13.5. The molecule has 9 nitrogen and oxygen atoms in total. The van der Waals surface area contributed by atoms with E-state index in [1.807, 2.05) is 0 Å². The van der Waals surface area contributed by atoms with Crippen molar-refractivity contribution < 1.29 is 19.2 Å². The Morgan fingerprint density at radius 1 is 1.25 bits per heavy atom. The van der Waals surface area contributed by atoms with Crippen LogP contribution in [0.1, 0.15) is 37.8 Å². The number of piperidine rings is 1. The van der Waals surface area contributed by atoms with Crippen LogP contribution in [0.25, 0.3) is 0 Å². The molecule has 2 N–H and O–H groups in total. The fourth-order valence-electron chi connectivity index (χ4n) is 3.57. The third-order valence-electron chi connectivity index (χ3n) is 4.92. The molecule has 2 aliphatic heterocycles. The fraction of sp³-hybridized carbons (Fsp3) is 0.474. The van der Waals surface area contributed by atoms with E-state index in [-0.39, 0.29) is 12.3 Å². The second kappa shape index (κ2) is 8.83. The Morgan fingerprint density at radius 3 is 2.54 bits per heavy atom. The fourth-order valence-corrected chi connectivity index (χ4v) is 3.57. The summed E-state index contributed by atoms with van der Waals surface area (Å²) in [7, 11) is 0. The van der Waals surface area contributed by atoms with Crippen LogP contribution in [0.5, 0.6) is 0 Å². The molecule has 9 heteroatoms. The van der Waals surface area contributed by atoms with Gasteiger partial charge in [0.25, 0.3) is 5.69 Å². The van der Waals surface area contributed by atoms with Gasteiger partial charge in [0.05, 0.1) is 23.1 Å². The van der Waals surface area contributed by atoms with E-state index in [0.29, 0.717) is 23.4 Å². The lowest BCUT2D eigenvalue weighted by Gasteiger charge is -2.33. The standard InChI is InChI=1S/C19H24N4O5/c1-2-28-18(24)16-15(12-22-10-4-3-5-11-22)20-19(25)21-17(16)13-6-8-14(9-7-13)23(26)27/h6-9,17H,2-5,10-12H2,1H3,(H2,20,21,25). The van der Waals surface area contributed by atoms with E-state index in [9.17, 15) is 19.7 Å². The maximum atomic E-state index is 12.7. The minimum atomic E-state index is -0.728. The molecule has 2 amide bonds. The van der Waals surface area contributed by atoms with Crippen LogP contribution < -0.4 is 10.6 Å². The van der Waals surface area contributed by atoms with Crippen molar-refractivity contribution >= 4 is 17.7 Å². The number of benzene rings is 1. The Balaban J connectivity index is 1.97. The molecule has 0 aliphatic carbocycles. The number of urea groups is 1. The van der Waals surface area contributed by atoms with Gasteiger partial charge < -0.3 is 15.4 Å². The van der Waals surface area contributed by atoms with E-state index in [1.54, 1.807) is 19.1 Å². The number of carbonyl (C=O) groups excluding carboxylic acids is 2. The second-order valence-corrected chi connectivity index (χ2v) is 6.83.